The molecule has 0 aliphatic heterocycles. The molecular formula is C114H132F6O4. The van der Waals surface area contributed by atoms with Crippen LogP contribution in [0.5, 0.6) is 0 Å². The third-order valence-electron chi connectivity index (χ3n) is 26.0. The second-order valence-corrected chi connectivity index (χ2v) is 37.4. The maximum atomic E-state index is 14.1. The van der Waals surface area contributed by atoms with Crippen molar-refractivity contribution < 1.29 is 45.5 Å². The summed E-state index contributed by atoms with van der Waals surface area (Å²) in [5, 5.41) is 0. The Labute approximate surface area is 737 Å². The van der Waals surface area contributed by atoms with Crippen molar-refractivity contribution >= 4 is 28.7 Å². The number of halogens is 6. The molecular weight excluding hydrogens is 1550 g/mol. The molecule has 0 spiro atoms. The number of unbranched alkanes of at least 4 members (excludes halogenated alkanes) is 2. The van der Waals surface area contributed by atoms with E-state index in [4.69, 9.17) is 0 Å². The molecule has 0 heterocycles. The molecule has 7 atom stereocenters. The van der Waals surface area contributed by atoms with E-state index in [1.54, 1.807) is 36.4 Å². The fourth-order valence-electron chi connectivity index (χ4n) is 18.7. The maximum absolute atomic E-state index is 14.1. The number of allylic oxidation sites excluding steroid dienone is 4. The first-order valence-corrected chi connectivity index (χ1v) is 45.8. The van der Waals surface area contributed by atoms with Crippen molar-refractivity contribution in [3.8, 4) is 11.1 Å². The number of rotatable bonds is 27. The van der Waals surface area contributed by atoms with Crippen molar-refractivity contribution in [2.24, 2.45) is 29.6 Å². The summed E-state index contributed by atoms with van der Waals surface area (Å²) < 4.78 is 82.2. The van der Waals surface area contributed by atoms with Crippen molar-refractivity contribution in [3.05, 3.63) is 360 Å². The average molecular weight is 1680 g/mol. The minimum Gasteiger partial charge on any atom is -0.289 e. The molecule has 0 bridgehead atoms. The molecule has 0 amide bonds. The molecule has 0 N–H and O–H groups in total. The van der Waals surface area contributed by atoms with Gasteiger partial charge in [0.05, 0.1) is 11.1 Å². The zero-order valence-corrected chi connectivity index (χ0v) is 76.3. The van der Waals surface area contributed by atoms with Crippen molar-refractivity contribution in [2.75, 3.05) is 0 Å². The van der Waals surface area contributed by atoms with Crippen LogP contribution in [-0.4, -0.2) is 23.1 Å². The molecule has 124 heavy (non-hydrogen) atoms. The Morgan fingerprint density at radius 2 is 0.774 bits per heavy atom. The number of hydrogen-bond donors (Lipinski definition) is 0. The van der Waals surface area contributed by atoms with Gasteiger partial charge in [0.25, 0.3) is 0 Å². The molecule has 10 aromatic rings. The summed E-state index contributed by atoms with van der Waals surface area (Å²) in [5.74, 6) is 4.90. The van der Waals surface area contributed by atoms with Crippen LogP contribution in [0.1, 0.15) is 385 Å². The molecule has 7 unspecified atom stereocenters. The molecule has 0 aromatic heterocycles. The minimum absolute atomic E-state index is 0.000572. The van der Waals surface area contributed by atoms with Crippen molar-refractivity contribution in [1.29, 1.82) is 0 Å². The van der Waals surface area contributed by atoms with E-state index < -0.39 is 35.0 Å². The standard InChI is InChI=1S/C33H42O.C29H32O.C28H29F3O.C24H29F3O/c1-21(2)17-28-19-25(14-12-24(28)6)26-15-16-30(27-13-11-23(5)18-27)32(20-26)33(34)31-10-8-7-9-29(31)22(3)4;1-20(2)25-11-7-8-12-27(25)29(30)28-19-24(22-15-13-21(3)14-16-22)17-18-26(28)23-9-5-4-6-10-23;1-18(2)23-12-8-9-13-24(23)27(32)25-17-22(14-15-26(25)28(29,30)31)20(4)16-19(3)21-10-6-5-7-11-21;1-5-6-7-10-17(4)18-13-14-22(24(25,26)27)21(15-18)23(28)20-12-9-8-11-19(20)16(2)3/h7-11,13,15-16,18,20-25,28H,12,14,17,19H2,1-6H3;4-12,17-22H,13-16H2,1-3H3;5-15,17-20H,16H2,1-4H3;8-9,11-17H,5-7,10H2,1-4H3. The first-order valence-electron chi connectivity index (χ1n) is 45.8. The van der Waals surface area contributed by atoms with E-state index in [-0.39, 0.29) is 52.3 Å². The van der Waals surface area contributed by atoms with Gasteiger partial charge < -0.3 is 0 Å². The third kappa shape index (κ3) is 25.0. The molecule has 0 radical (unpaired) electrons. The Morgan fingerprint density at radius 1 is 0.379 bits per heavy atom. The predicted molar refractivity (Wildman–Crippen MR) is 503 cm³/mol. The number of alkyl halides is 6. The van der Waals surface area contributed by atoms with Gasteiger partial charge in [-0.15, -0.1) is 0 Å². The number of ketones is 4. The van der Waals surface area contributed by atoms with Gasteiger partial charge in [0.2, 0.25) is 0 Å². The number of carbonyl (C=O) groups excluding carboxylic acids is 4. The summed E-state index contributed by atoms with van der Waals surface area (Å²) in [4.78, 5) is 54.5. The lowest BCUT2D eigenvalue weighted by Crippen LogP contribution is -2.23. The van der Waals surface area contributed by atoms with Crippen LogP contribution in [0.2, 0.25) is 0 Å². The number of benzene rings is 10. The van der Waals surface area contributed by atoms with Gasteiger partial charge in [0.1, 0.15) is 0 Å². The first-order chi connectivity index (χ1) is 59.0. The highest BCUT2D eigenvalue weighted by molar-refractivity contribution is 6.15. The molecule has 654 valence electrons. The SMILES string of the molecule is CC(C)c1ccccc1C(=O)c1cc(C(C)CC(C)c2ccccc2)ccc1C(F)(F)F.CC1C=CC(c2ccc(C3CCC(C)C(CC(C)C)C3)cc2C(=O)c2ccccc2C(C)C)=C1.CC1CCC(c2ccc(-c3ccccc3)c(C(=O)c3ccccc3C(C)C)c2)CC1.CCCCCC(C)c1ccc(C(F)(F)F)c(C(=O)c2ccccc2C(C)C)c1. The number of hydrogen-bond acceptors (Lipinski definition) is 4. The fourth-order valence-corrected chi connectivity index (χ4v) is 18.7. The zero-order valence-electron chi connectivity index (χ0n) is 76.3. The van der Waals surface area contributed by atoms with Crippen LogP contribution in [0, 0.1) is 29.6 Å². The van der Waals surface area contributed by atoms with E-state index in [0.717, 1.165) is 140 Å². The van der Waals surface area contributed by atoms with Crippen molar-refractivity contribution in [3.63, 3.8) is 0 Å². The Kier molecular flexibility index (Phi) is 34.3. The summed E-state index contributed by atoms with van der Waals surface area (Å²) in [6, 6.07) is 71.9. The van der Waals surface area contributed by atoms with Crippen LogP contribution in [0.25, 0.3) is 16.7 Å². The van der Waals surface area contributed by atoms with E-state index >= 15 is 0 Å². The lowest BCUT2D eigenvalue weighted by Gasteiger charge is -2.36. The molecule has 13 rings (SSSR count). The lowest BCUT2D eigenvalue weighted by atomic mass is 9.69. The molecule has 10 aromatic carbocycles. The molecule has 2 fully saturated rings. The second kappa shape index (κ2) is 44.2. The predicted octanol–water partition coefficient (Wildman–Crippen LogP) is 33.3. The van der Waals surface area contributed by atoms with Crippen LogP contribution in [0.4, 0.5) is 26.3 Å². The summed E-state index contributed by atoms with van der Waals surface area (Å²) in [6.07, 6.45) is 12.5. The van der Waals surface area contributed by atoms with Crippen LogP contribution in [-0.2, 0) is 12.4 Å². The Morgan fingerprint density at radius 3 is 1.20 bits per heavy atom. The summed E-state index contributed by atoms with van der Waals surface area (Å²) in [5.41, 5.74) is 15.4. The molecule has 2 saturated carbocycles. The van der Waals surface area contributed by atoms with E-state index in [1.165, 1.54) is 97.9 Å². The van der Waals surface area contributed by atoms with Gasteiger partial charge in [0, 0.05) is 44.5 Å². The quantitative estimate of drug-likeness (QED) is 0.0292. The molecule has 4 nitrogen and oxygen atoms in total. The fraction of sp³-hybridized carbons (Fsp3) is 0.404. The second-order valence-electron chi connectivity index (χ2n) is 37.4. The highest BCUT2D eigenvalue weighted by Crippen LogP contribution is 2.46. The van der Waals surface area contributed by atoms with Gasteiger partial charge in [0.15, 0.2) is 23.1 Å². The average Bonchev–Trinajstić information content (AvgIpc) is 1.54. The van der Waals surface area contributed by atoms with Gasteiger partial charge in [-0.25, -0.2) is 0 Å². The third-order valence-corrected chi connectivity index (χ3v) is 26.0. The lowest BCUT2D eigenvalue weighted by molar-refractivity contribution is -0.138. The van der Waals surface area contributed by atoms with E-state index in [2.05, 4.69) is 167 Å². The van der Waals surface area contributed by atoms with E-state index in [1.807, 2.05) is 126 Å². The summed E-state index contributed by atoms with van der Waals surface area (Å²) in [7, 11) is 0. The van der Waals surface area contributed by atoms with Crippen LogP contribution in [0.3, 0.4) is 0 Å². The minimum atomic E-state index is -4.60. The van der Waals surface area contributed by atoms with Crippen molar-refractivity contribution in [2.45, 2.75) is 267 Å². The molecule has 3 aliphatic carbocycles. The molecule has 0 saturated heterocycles. The Bertz CT molecular complexity index is 5280. The normalized spacial score (nSPS) is 17.9. The number of carbonyl (C=O) groups is 4. The molecule has 10 heteroatoms. The van der Waals surface area contributed by atoms with Crippen LogP contribution in [0.15, 0.2) is 249 Å². The van der Waals surface area contributed by atoms with Gasteiger partial charge >= 0.3 is 12.4 Å². The van der Waals surface area contributed by atoms with E-state index in [0.29, 0.717) is 40.7 Å². The van der Waals surface area contributed by atoms with E-state index in [9.17, 15) is 45.5 Å². The first kappa shape index (κ1) is 96.2. The zero-order chi connectivity index (χ0) is 89.9. The Balaban J connectivity index is 0.000000173. The summed E-state index contributed by atoms with van der Waals surface area (Å²) >= 11 is 0. The summed E-state index contributed by atoms with van der Waals surface area (Å²) in [6.45, 7) is 36.3. The topological polar surface area (TPSA) is 68.3 Å². The maximum Gasteiger partial charge on any atom is 0.417 e. The highest BCUT2D eigenvalue weighted by Gasteiger charge is 2.39. The largest absolute Gasteiger partial charge is 0.417 e. The van der Waals surface area contributed by atoms with Crippen LogP contribution >= 0.6 is 0 Å². The van der Waals surface area contributed by atoms with Gasteiger partial charge in [-0.3, -0.25) is 19.2 Å². The Hall–Kier alpha value is -10.1. The smallest absolute Gasteiger partial charge is 0.289 e. The highest BCUT2D eigenvalue weighted by atomic mass is 19.4. The van der Waals surface area contributed by atoms with Gasteiger partial charge in [-0.05, 0) is 243 Å². The van der Waals surface area contributed by atoms with Gasteiger partial charge in [-0.1, -0.05) is 362 Å². The van der Waals surface area contributed by atoms with Gasteiger partial charge in [-0.2, -0.15) is 26.3 Å². The van der Waals surface area contributed by atoms with Crippen molar-refractivity contribution in [1.82, 2.24) is 0 Å². The van der Waals surface area contributed by atoms with Crippen LogP contribution < -0.4 is 0 Å². The monoisotopic (exact) mass is 1680 g/mol. The molecule has 3 aliphatic rings.